The van der Waals surface area contributed by atoms with E-state index in [1.54, 1.807) is 7.11 Å². The van der Waals surface area contributed by atoms with Crippen molar-refractivity contribution in [1.29, 1.82) is 0 Å². The number of likely N-dealkylation sites (tertiary alicyclic amines) is 1. The first-order chi connectivity index (χ1) is 14.8. The highest BCUT2D eigenvalue weighted by Gasteiger charge is 2.26. The highest BCUT2D eigenvalue weighted by atomic mass is 16.5. The number of aromatic nitrogens is 2. The summed E-state index contributed by atoms with van der Waals surface area (Å²) in [7, 11) is 1.69. The van der Waals surface area contributed by atoms with Gasteiger partial charge in [-0.1, -0.05) is 42.5 Å². The lowest BCUT2D eigenvalue weighted by Crippen LogP contribution is -2.34. The number of rotatable bonds is 6. The molecule has 0 aliphatic carbocycles. The smallest absolute Gasteiger partial charge is 0.129 e. The number of H-pyrrole nitrogens is 1. The van der Waals surface area contributed by atoms with Crippen LogP contribution >= 0.6 is 0 Å². The highest BCUT2D eigenvalue weighted by molar-refractivity contribution is 5.97. The van der Waals surface area contributed by atoms with Crippen LogP contribution in [0.1, 0.15) is 36.0 Å². The van der Waals surface area contributed by atoms with Gasteiger partial charge >= 0.3 is 0 Å². The number of piperidine rings is 1. The van der Waals surface area contributed by atoms with E-state index in [2.05, 4.69) is 63.6 Å². The Morgan fingerprint density at radius 3 is 2.87 bits per heavy atom. The summed E-state index contributed by atoms with van der Waals surface area (Å²) in [6.45, 7) is 3.44. The summed E-state index contributed by atoms with van der Waals surface area (Å²) in [4.78, 5) is 2.48. The third kappa shape index (κ3) is 3.78. The van der Waals surface area contributed by atoms with E-state index in [0.29, 0.717) is 12.5 Å². The maximum Gasteiger partial charge on any atom is 0.129 e. The molecule has 0 amide bonds. The normalized spacial score (nSPS) is 17.6. The standard InChI is InChI=1S/C25H27N3O2/c1-29-17-21-12-11-20(30-21)16-28-13-5-8-19(15-28)25-24(14-26-27-25)23-10-4-7-18-6-2-3-9-22(18)23/h2-4,6-7,9-12,14,19H,5,8,13,15-17H2,1H3,(H,26,27)/t19-/m1/s1. The fourth-order valence-corrected chi connectivity index (χ4v) is 4.66. The minimum absolute atomic E-state index is 0.434. The van der Waals surface area contributed by atoms with Crippen molar-refractivity contribution in [3.63, 3.8) is 0 Å². The van der Waals surface area contributed by atoms with Crippen molar-refractivity contribution in [1.82, 2.24) is 15.1 Å². The molecule has 1 N–H and O–H groups in total. The second-order valence-corrected chi connectivity index (χ2v) is 8.10. The number of furan rings is 1. The first-order valence-electron chi connectivity index (χ1n) is 10.6. The molecule has 1 aliphatic rings. The number of methoxy groups -OCH3 is 1. The zero-order chi connectivity index (χ0) is 20.3. The van der Waals surface area contributed by atoms with Crippen molar-refractivity contribution < 1.29 is 9.15 Å². The molecule has 1 saturated heterocycles. The first-order valence-corrected chi connectivity index (χ1v) is 10.6. The lowest BCUT2D eigenvalue weighted by Gasteiger charge is -2.32. The highest BCUT2D eigenvalue weighted by Crippen LogP contribution is 2.36. The van der Waals surface area contributed by atoms with Gasteiger partial charge in [-0.3, -0.25) is 10.00 Å². The van der Waals surface area contributed by atoms with Gasteiger partial charge in [-0.15, -0.1) is 0 Å². The van der Waals surface area contributed by atoms with Gasteiger partial charge in [0, 0.05) is 30.8 Å². The second kappa shape index (κ2) is 8.46. The molecule has 154 valence electrons. The predicted octanol–water partition coefficient (Wildman–Crippen LogP) is 5.35. The average molecular weight is 402 g/mol. The van der Waals surface area contributed by atoms with Crippen LogP contribution in [-0.4, -0.2) is 35.3 Å². The van der Waals surface area contributed by atoms with Gasteiger partial charge in [-0.25, -0.2) is 0 Å². The Balaban J connectivity index is 1.38. The van der Waals surface area contributed by atoms with E-state index in [1.807, 2.05) is 12.3 Å². The van der Waals surface area contributed by atoms with Crippen LogP contribution in [-0.2, 0) is 17.9 Å². The minimum Gasteiger partial charge on any atom is -0.462 e. The molecule has 1 aliphatic heterocycles. The van der Waals surface area contributed by atoms with Crippen LogP contribution < -0.4 is 0 Å². The Bertz CT molecular complexity index is 1120. The molecular formula is C25H27N3O2. The molecule has 4 aromatic rings. The van der Waals surface area contributed by atoms with Gasteiger partial charge < -0.3 is 9.15 Å². The number of hydrogen-bond donors (Lipinski definition) is 1. The summed E-state index contributed by atoms with van der Waals surface area (Å²) in [6.07, 6.45) is 4.33. The van der Waals surface area contributed by atoms with Crippen molar-refractivity contribution in [2.75, 3.05) is 20.2 Å². The van der Waals surface area contributed by atoms with E-state index in [0.717, 1.165) is 31.2 Å². The minimum atomic E-state index is 0.434. The molecular weight excluding hydrogens is 374 g/mol. The lowest BCUT2D eigenvalue weighted by molar-refractivity contribution is 0.154. The average Bonchev–Trinajstić information content (AvgIpc) is 3.44. The molecule has 0 spiro atoms. The largest absolute Gasteiger partial charge is 0.462 e. The summed E-state index contributed by atoms with van der Waals surface area (Å²) >= 11 is 0. The van der Waals surface area contributed by atoms with Crippen LogP contribution in [0.15, 0.2) is 65.2 Å². The number of benzene rings is 2. The fraction of sp³-hybridized carbons (Fsp3) is 0.320. The Kier molecular flexibility index (Phi) is 5.39. The van der Waals surface area contributed by atoms with E-state index in [9.17, 15) is 0 Å². The number of nitrogens with one attached hydrogen (secondary N) is 1. The molecule has 1 atom stereocenters. The van der Waals surface area contributed by atoms with Crippen molar-refractivity contribution in [2.45, 2.75) is 31.9 Å². The van der Waals surface area contributed by atoms with E-state index >= 15 is 0 Å². The Morgan fingerprint density at radius 1 is 1.07 bits per heavy atom. The molecule has 3 heterocycles. The summed E-state index contributed by atoms with van der Waals surface area (Å²) in [5.41, 5.74) is 3.72. The van der Waals surface area contributed by atoms with Crippen LogP contribution in [0.3, 0.4) is 0 Å². The van der Waals surface area contributed by atoms with Gasteiger partial charge in [0.2, 0.25) is 0 Å². The van der Waals surface area contributed by atoms with E-state index < -0.39 is 0 Å². The maximum absolute atomic E-state index is 5.91. The Labute approximate surface area is 176 Å². The quantitative estimate of drug-likeness (QED) is 0.473. The Morgan fingerprint density at radius 2 is 1.93 bits per heavy atom. The molecule has 0 radical (unpaired) electrons. The van der Waals surface area contributed by atoms with Crippen molar-refractivity contribution >= 4 is 10.8 Å². The second-order valence-electron chi connectivity index (χ2n) is 8.10. The summed E-state index contributed by atoms with van der Waals surface area (Å²) in [5, 5.41) is 10.3. The fourth-order valence-electron chi connectivity index (χ4n) is 4.66. The molecule has 5 nitrogen and oxygen atoms in total. The molecule has 2 aromatic heterocycles. The molecule has 0 unspecified atom stereocenters. The van der Waals surface area contributed by atoms with Crippen molar-refractivity contribution in [2.24, 2.45) is 0 Å². The number of ether oxygens (including phenoxy) is 1. The first kappa shape index (κ1) is 19.1. The summed E-state index contributed by atoms with van der Waals surface area (Å²) in [6, 6.07) is 19.1. The third-order valence-corrected chi connectivity index (χ3v) is 6.05. The number of nitrogens with zero attached hydrogens (tertiary/aromatic N) is 2. The van der Waals surface area contributed by atoms with Crippen LogP contribution in [0.5, 0.6) is 0 Å². The van der Waals surface area contributed by atoms with Crippen LogP contribution in [0.25, 0.3) is 21.9 Å². The third-order valence-electron chi connectivity index (χ3n) is 6.05. The van der Waals surface area contributed by atoms with E-state index in [1.165, 1.54) is 40.4 Å². The zero-order valence-electron chi connectivity index (χ0n) is 17.3. The van der Waals surface area contributed by atoms with E-state index in [4.69, 9.17) is 9.15 Å². The molecule has 0 saturated carbocycles. The topological polar surface area (TPSA) is 54.3 Å². The molecule has 0 bridgehead atoms. The molecule has 30 heavy (non-hydrogen) atoms. The zero-order valence-corrected chi connectivity index (χ0v) is 17.3. The van der Waals surface area contributed by atoms with Gasteiger partial charge in [0.25, 0.3) is 0 Å². The van der Waals surface area contributed by atoms with Crippen LogP contribution in [0, 0.1) is 0 Å². The van der Waals surface area contributed by atoms with Gasteiger partial charge in [0.05, 0.1) is 12.7 Å². The number of aromatic amines is 1. The maximum atomic E-state index is 5.91. The monoisotopic (exact) mass is 401 g/mol. The molecule has 5 heteroatoms. The van der Waals surface area contributed by atoms with Gasteiger partial charge in [0.15, 0.2) is 0 Å². The predicted molar refractivity (Wildman–Crippen MR) is 118 cm³/mol. The summed E-state index contributed by atoms with van der Waals surface area (Å²) < 4.78 is 11.1. The molecule has 1 fully saturated rings. The van der Waals surface area contributed by atoms with Crippen LogP contribution in [0.2, 0.25) is 0 Å². The van der Waals surface area contributed by atoms with E-state index in [-0.39, 0.29) is 0 Å². The van der Waals surface area contributed by atoms with Crippen molar-refractivity contribution in [3.05, 3.63) is 78.0 Å². The van der Waals surface area contributed by atoms with Crippen LogP contribution in [0.4, 0.5) is 0 Å². The van der Waals surface area contributed by atoms with Gasteiger partial charge in [0.1, 0.15) is 18.1 Å². The lowest BCUT2D eigenvalue weighted by atomic mass is 9.89. The van der Waals surface area contributed by atoms with Gasteiger partial charge in [-0.05, 0) is 47.9 Å². The SMILES string of the molecule is COCc1ccc(CN2CCC[C@@H](c3[nH]ncc3-c3cccc4ccccc34)C2)o1. The number of fused-ring (bicyclic) bond motifs is 1. The van der Waals surface area contributed by atoms with Gasteiger partial charge in [-0.2, -0.15) is 5.10 Å². The molecule has 2 aromatic carbocycles. The van der Waals surface area contributed by atoms with Crippen molar-refractivity contribution in [3.8, 4) is 11.1 Å². The Hall–Kier alpha value is -2.89. The molecule has 5 rings (SSSR count). The number of hydrogen-bond acceptors (Lipinski definition) is 4. The summed E-state index contributed by atoms with van der Waals surface area (Å²) in [5.74, 6) is 2.32.